The molecule has 3 aromatic carbocycles. The molecule has 0 bridgehead atoms. The second-order valence-electron chi connectivity index (χ2n) is 10.2. The minimum atomic E-state index is -0.0917. The van der Waals surface area contributed by atoms with Gasteiger partial charge in [-0.25, -0.2) is 0 Å². The molecule has 0 saturated carbocycles. The molecule has 40 heavy (non-hydrogen) atoms. The molecule has 0 amide bonds. The molecule has 2 heterocycles. The van der Waals surface area contributed by atoms with Crippen molar-refractivity contribution in [3.05, 3.63) is 105 Å². The quantitative estimate of drug-likeness (QED) is 0.214. The van der Waals surface area contributed by atoms with E-state index in [1.807, 2.05) is 57.2 Å². The number of phenolic OH excluding ortho intramolecular Hbond substituents is 1. The van der Waals surface area contributed by atoms with Gasteiger partial charge >= 0.3 is 0 Å². The van der Waals surface area contributed by atoms with Crippen molar-refractivity contribution in [2.24, 2.45) is 0 Å². The minimum absolute atomic E-state index is 0.0917. The van der Waals surface area contributed by atoms with Crippen LogP contribution in [-0.2, 0) is 6.54 Å². The monoisotopic (exact) mass is 530 g/mol. The van der Waals surface area contributed by atoms with Gasteiger partial charge in [-0.15, -0.1) is 0 Å². The third-order valence-electron chi connectivity index (χ3n) is 7.28. The molecule has 4 aromatic rings. The average Bonchev–Trinajstić information content (AvgIpc) is 2.93. The van der Waals surface area contributed by atoms with E-state index in [2.05, 4.69) is 36.5 Å². The molecule has 0 atom stereocenters. The molecule has 0 spiro atoms. The van der Waals surface area contributed by atoms with E-state index in [1.54, 1.807) is 6.07 Å². The first-order chi connectivity index (χ1) is 19.3. The number of hydrogen-bond donors (Lipinski definition) is 2. The number of fused-ring (bicyclic) bond motifs is 3. The zero-order chi connectivity index (χ0) is 28.0. The summed E-state index contributed by atoms with van der Waals surface area (Å²) < 4.78 is 12.2. The van der Waals surface area contributed by atoms with Gasteiger partial charge in [0.05, 0.1) is 23.4 Å². The van der Waals surface area contributed by atoms with E-state index in [1.165, 1.54) is 6.07 Å². The molecule has 6 nitrogen and oxygen atoms in total. The normalized spacial score (nSPS) is 11.4. The number of pyridine rings is 1. The fourth-order valence-corrected chi connectivity index (χ4v) is 5.21. The summed E-state index contributed by atoms with van der Waals surface area (Å²) in [5, 5.41) is 16.3. The van der Waals surface area contributed by atoms with Crippen molar-refractivity contribution in [1.82, 2.24) is 4.98 Å². The third kappa shape index (κ3) is 4.51. The van der Waals surface area contributed by atoms with Gasteiger partial charge in [0, 0.05) is 46.3 Å². The Hall–Kier alpha value is -4.84. The molecule has 0 radical (unpaired) electrons. The van der Waals surface area contributed by atoms with Crippen molar-refractivity contribution in [2.75, 3.05) is 11.9 Å². The Labute approximate surface area is 232 Å². The zero-order valence-corrected chi connectivity index (χ0v) is 23.0. The molecule has 0 fully saturated rings. The standard InChI is InChI=1S/C34H30N2O4/c1-5-39-24-15-23-11-8-21(4)36-33(23)28(16-24)35-18-27-29(37)13-12-25-32(22-9-6-19(2)7-10-22)26-14-20(3)30(38)17-31(26)40-34(25)27/h6-17,35,37H,5,18H2,1-4H3. The second kappa shape index (κ2) is 10.0. The fourth-order valence-electron chi connectivity index (χ4n) is 5.21. The van der Waals surface area contributed by atoms with Gasteiger partial charge in [-0.3, -0.25) is 9.78 Å². The highest BCUT2D eigenvalue weighted by molar-refractivity contribution is 6.03. The molecule has 6 heteroatoms. The SMILES string of the molecule is CCOc1cc(NCc2c(O)ccc3c(-c4ccc(C)cc4)c4cc(C)c(=O)cc-4oc23)c2nc(C)ccc2c1. The van der Waals surface area contributed by atoms with Crippen LogP contribution in [0, 0.1) is 20.8 Å². The number of aryl methyl sites for hydroxylation is 3. The van der Waals surface area contributed by atoms with Gasteiger partial charge in [0.25, 0.3) is 0 Å². The molecular formula is C34H30N2O4. The first kappa shape index (κ1) is 25.4. The number of ether oxygens (including phenoxy) is 1. The number of aromatic nitrogens is 1. The number of anilines is 1. The molecule has 1 aromatic heterocycles. The van der Waals surface area contributed by atoms with Crippen molar-refractivity contribution in [2.45, 2.75) is 34.2 Å². The molecule has 2 aliphatic rings. The van der Waals surface area contributed by atoms with Gasteiger partial charge in [-0.05, 0) is 69.2 Å². The molecule has 1 aliphatic heterocycles. The van der Waals surface area contributed by atoms with E-state index in [0.29, 0.717) is 29.1 Å². The summed E-state index contributed by atoms with van der Waals surface area (Å²) in [4.78, 5) is 17.4. The molecule has 0 unspecified atom stereocenters. The lowest BCUT2D eigenvalue weighted by Crippen LogP contribution is -2.07. The van der Waals surface area contributed by atoms with Gasteiger partial charge in [-0.1, -0.05) is 35.9 Å². The van der Waals surface area contributed by atoms with Gasteiger partial charge < -0.3 is 19.6 Å². The maximum Gasteiger partial charge on any atom is 0.185 e. The largest absolute Gasteiger partial charge is 0.507 e. The van der Waals surface area contributed by atoms with E-state index >= 15 is 0 Å². The number of nitrogens with zero attached hydrogens (tertiary/aromatic N) is 1. The predicted octanol–water partition coefficient (Wildman–Crippen LogP) is 7.75. The van der Waals surface area contributed by atoms with E-state index in [9.17, 15) is 9.90 Å². The molecule has 1 aliphatic carbocycles. The maximum absolute atomic E-state index is 12.6. The smallest absolute Gasteiger partial charge is 0.185 e. The van der Waals surface area contributed by atoms with E-state index in [-0.39, 0.29) is 17.7 Å². The lowest BCUT2D eigenvalue weighted by molar-refractivity contribution is 0.341. The summed E-state index contributed by atoms with van der Waals surface area (Å²) in [6, 6.07) is 23.2. The van der Waals surface area contributed by atoms with Crippen molar-refractivity contribution in [3.8, 4) is 33.9 Å². The van der Waals surface area contributed by atoms with Crippen LogP contribution in [0.1, 0.15) is 29.3 Å². The number of nitrogens with one attached hydrogen (secondary N) is 1. The Bertz CT molecular complexity index is 1920. The van der Waals surface area contributed by atoms with Crippen LogP contribution < -0.4 is 15.5 Å². The van der Waals surface area contributed by atoms with Crippen LogP contribution in [0.2, 0.25) is 0 Å². The Morgan fingerprint density at radius 3 is 2.52 bits per heavy atom. The average molecular weight is 531 g/mol. The van der Waals surface area contributed by atoms with E-state index in [0.717, 1.165) is 55.7 Å². The summed E-state index contributed by atoms with van der Waals surface area (Å²) in [5.74, 6) is 1.31. The lowest BCUT2D eigenvalue weighted by Gasteiger charge is -2.19. The second-order valence-corrected chi connectivity index (χ2v) is 10.2. The van der Waals surface area contributed by atoms with Gasteiger partial charge in [0.1, 0.15) is 22.8 Å². The number of rotatable bonds is 6. The Balaban J connectivity index is 1.55. The van der Waals surface area contributed by atoms with Crippen LogP contribution in [0.5, 0.6) is 11.5 Å². The first-order valence-corrected chi connectivity index (χ1v) is 13.4. The zero-order valence-electron chi connectivity index (χ0n) is 23.0. The summed E-state index contributed by atoms with van der Waals surface area (Å²) >= 11 is 0. The molecular weight excluding hydrogens is 500 g/mol. The molecule has 2 N–H and O–H groups in total. The third-order valence-corrected chi connectivity index (χ3v) is 7.28. The number of hydrogen-bond acceptors (Lipinski definition) is 6. The van der Waals surface area contributed by atoms with Crippen LogP contribution in [0.25, 0.3) is 44.3 Å². The van der Waals surface area contributed by atoms with Gasteiger partial charge in [-0.2, -0.15) is 0 Å². The molecule has 200 valence electrons. The summed E-state index contributed by atoms with van der Waals surface area (Å²) in [6.07, 6.45) is 0. The number of phenols is 1. The van der Waals surface area contributed by atoms with Crippen molar-refractivity contribution >= 4 is 27.6 Å². The fraction of sp³-hybridized carbons (Fsp3) is 0.176. The van der Waals surface area contributed by atoms with Crippen molar-refractivity contribution < 1.29 is 14.3 Å². The Morgan fingerprint density at radius 2 is 1.75 bits per heavy atom. The predicted molar refractivity (Wildman–Crippen MR) is 161 cm³/mol. The van der Waals surface area contributed by atoms with Crippen molar-refractivity contribution in [3.63, 3.8) is 0 Å². The highest BCUT2D eigenvalue weighted by Crippen LogP contribution is 2.43. The number of aromatic hydroxyl groups is 1. The Morgan fingerprint density at radius 1 is 0.950 bits per heavy atom. The summed E-state index contributed by atoms with van der Waals surface area (Å²) in [5.41, 5.74) is 8.16. The summed E-state index contributed by atoms with van der Waals surface area (Å²) in [6.45, 7) is 8.58. The summed E-state index contributed by atoms with van der Waals surface area (Å²) in [7, 11) is 0. The van der Waals surface area contributed by atoms with Crippen LogP contribution in [0.4, 0.5) is 5.69 Å². The molecule has 0 saturated heterocycles. The van der Waals surface area contributed by atoms with Crippen LogP contribution >= 0.6 is 0 Å². The van der Waals surface area contributed by atoms with Gasteiger partial charge in [0.2, 0.25) is 0 Å². The lowest BCUT2D eigenvalue weighted by atomic mass is 9.91. The highest BCUT2D eigenvalue weighted by Gasteiger charge is 2.22. The van der Waals surface area contributed by atoms with Crippen LogP contribution in [0.15, 0.2) is 82.0 Å². The highest BCUT2D eigenvalue weighted by atomic mass is 16.5. The van der Waals surface area contributed by atoms with Gasteiger partial charge in [0.15, 0.2) is 5.43 Å². The Kier molecular flexibility index (Phi) is 6.39. The topological polar surface area (TPSA) is 84.6 Å². The van der Waals surface area contributed by atoms with E-state index < -0.39 is 0 Å². The van der Waals surface area contributed by atoms with E-state index in [4.69, 9.17) is 14.1 Å². The maximum atomic E-state index is 12.6. The van der Waals surface area contributed by atoms with Crippen LogP contribution in [0.3, 0.4) is 0 Å². The minimum Gasteiger partial charge on any atom is -0.507 e. The number of benzene rings is 4. The molecule has 6 rings (SSSR count). The van der Waals surface area contributed by atoms with Crippen molar-refractivity contribution in [1.29, 1.82) is 0 Å². The first-order valence-electron chi connectivity index (χ1n) is 13.4. The van der Waals surface area contributed by atoms with Crippen LogP contribution in [-0.4, -0.2) is 16.7 Å².